The molecule has 1 fully saturated rings. The first-order valence-corrected chi connectivity index (χ1v) is 5.64. The molecule has 15 heavy (non-hydrogen) atoms. The highest BCUT2D eigenvalue weighted by atomic mass is 16.5. The second kappa shape index (κ2) is 6.08. The number of ether oxygens (including phenoxy) is 1. The smallest absolute Gasteiger partial charge is 0.224 e. The molecular weight excluding hydrogens is 192 g/mol. The molecule has 0 bridgehead atoms. The van der Waals surface area contributed by atoms with Crippen molar-refractivity contribution in [2.75, 3.05) is 27.2 Å². The van der Waals surface area contributed by atoms with E-state index in [1.165, 1.54) is 19.3 Å². The van der Waals surface area contributed by atoms with Gasteiger partial charge in [0.2, 0.25) is 5.91 Å². The summed E-state index contributed by atoms with van der Waals surface area (Å²) in [4.78, 5) is 13.5. The van der Waals surface area contributed by atoms with Gasteiger partial charge in [0.15, 0.2) is 0 Å². The summed E-state index contributed by atoms with van der Waals surface area (Å²) < 4.78 is 5.09. The van der Waals surface area contributed by atoms with Crippen LogP contribution in [0.2, 0.25) is 0 Å². The van der Waals surface area contributed by atoms with Crippen LogP contribution < -0.4 is 5.73 Å². The fourth-order valence-corrected chi connectivity index (χ4v) is 1.78. The molecule has 2 N–H and O–H groups in total. The fraction of sp³-hybridized carbons (Fsp3) is 0.909. The van der Waals surface area contributed by atoms with Gasteiger partial charge in [0.25, 0.3) is 0 Å². The van der Waals surface area contributed by atoms with E-state index in [0.717, 1.165) is 12.5 Å². The fourth-order valence-electron chi connectivity index (χ4n) is 1.78. The molecule has 1 aliphatic carbocycles. The first-order valence-electron chi connectivity index (χ1n) is 5.64. The van der Waals surface area contributed by atoms with Crippen molar-refractivity contribution in [1.82, 2.24) is 4.90 Å². The van der Waals surface area contributed by atoms with Crippen LogP contribution in [0.15, 0.2) is 0 Å². The van der Waals surface area contributed by atoms with Crippen LogP contribution in [0.4, 0.5) is 0 Å². The van der Waals surface area contributed by atoms with Gasteiger partial charge in [-0.25, -0.2) is 0 Å². The van der Waals surface area contributed by atoms with E-state index in [4.69, 9.17) is 10.5 Å². The lowest BCUT2D eigenvalue weighted by atomic mass is 9.85. The second-order valence-corrected chi connectivity index (χ2v) is 4.37. The molecule has 1 saturated carbocycles. The number of amides is 1. The molecule has 0 spiro atoms. The van der Waals surface area contributed by atoms with Gasteiger partial charge in [-0.3, -0.25) is 4.79 Å². The Kier molecular flexibility index (Phi) is 5.05. The van der Waals surface area contributed by atoms with Crippen molar-refractivity contribution in [2.45, 2.75) is 31.8 Å². The van der Waals surface area contributed by atoms with Gasteiger partial charge in [-0.15, -0.1) is 0 Å². The average molecular weight is 214 g/mol. The molecule has 1 aliphatic rings. The van der Waals surface area contributed by atoms with Crippen molar-refractivity contribution >= 4 is 5.91 Å². The monoisotopic (exact) mass is 214 g/mol. The van der Waals surface area contributed by atoms with E-state index in [2.05, 4.69) is 0 Å². The minimum Gasteiger partial charge on any atom is -0.380 e. The van der Waals surface area contributed by atoms with Gasteiger partial charge in [0.05, 0.1) is 12.5 Å². The van der Waals surface area contributed by atoms with Crippen molar-refractivity contribution in [3.63, 3.8) is 0 Å². The molecule has 0 aromatic heterocycles. The molecule has 88 valence electrons. The number of hydrogen-bond donors (Lipinski definition) is 1. The second-order valence-electron chi connectivity index (χ2n) is 4.37. The summed E-state index contributed by atoms with van der Waals surface area (Å²) in [5.41, 5.74) is 5.47. The van der Waals surface area contributed by atoms with E-state index in [1.807, 2.05) is 11.9 Å². The molecule has 0 radical (unpaired) electrons. The maximum absolute atomic E-state index is 11.7. The van der Waals surface area contributed by atoms with Crippen LogP contribution in [-0.4, -0.2) is 44.2 Å². The highest BCUT2D eigenvalue weighted by Crippen LogP contribution is 2.26. The summed E-state index contributed by atoms with van der Waals surface area (Å²) in [5, 5.41) is 0. The van der Waals surface area contributed by atoms with Crippen molar-refractivity contribution < 1.29 is 9.53 Å². The van der Waals surface area contributed by atoms with Crippen molar-refractivity contribution in [1.29, 1.82) is 0 Å². The van der Waals surface area contributed by atoms with E-state index in [9.17, 15) is 4.79 Å². The van der Waals surface area contributed by atoms with Crippen molar-refractivity contribution in [3.8, 4) is 0 Å². The van der Waals surface area contributed by atoms with Crippen molar-refractivity contribution in [3.05, 3.63) is 0 Å². The zero-order chi connectivity index (χ0) is 11.3. The van der Waals surface area contributed by atoms with Gasteiger partial charge in [-0.2, -0.15) is 0 Å². The number of nitrogens with zero attached hydrogens (tertiary/aromatic N) is 1. The first-order chi connectivity index (χ1) is 7.17. The average Bonchev–Trinajstić information content (AvgIpc) is 2.19. The summed E-state index contributed by atoms with van der Waals surface area (Å²) in [6.07, 6.45) is 4.11. The predicted molar refractivity (Wildman–Crippen MR) is 59.4 cm³/mol. The molecule has 1 atom stereocenters. The van der Waals surface area contributed by atoms with E-state index >= 15 is 0 Å². The molecule has 0 aliphatic heterocycles. The maximum Gasteiger partial charge on any atom is 0.224 e. The molecule has 0 aromatic carbocycles. The molecule has 1 rings (SSSR count). The minimum atomic E-state index is -0.138. The Labute approximate surface area is 91.8 Å². The normalized spacial score (nSPS) is 18.3. The Balaban J connectivity index is 2.24. The summed E-state index contributed by atoms with van der Waals surface area (Å²) in [6.45, 7) is 1.29. The first kappa shape index (κ1) is 12.5. The van der Waals surface area contributed by atoms with Gasteiger partial charge >= 0.3 is 0 Å². The minimum absolute atomic E-state index is 0.138. The molecule has 1 unspecified atom stereocenters. The summed E-state index contributed by atoms with van der Waals surface area (Å²) in [5.74, 6) is 0.858. The molecule has 0 saturated heterocycles. The Morgan fingerprint density at radius 3 is 2.67 bits per heavy atom. The highest BCUT2D eigenvalue weighted by Gasteiger charge is 2.22. The van der Waals surface area contributed by atoms with E-state index < -0.39 is 0 Å². The Bertz CT molecular complexity index is 201. The van der Waals surface area contributed by atoms with Crippen molar-refractivity contribution in [2.24, 2.45) is 11.7 Å². The Hall–Kier alpha value is -0.610. The standard InChI is InChI=1S/C11H22N2O2/c1-13(8-9-4-3-5-9)11(14)6-10(7-12)15-2/h9-10H,3-8,12H2,1-2H3. The molecule has 1 amide bonds. The van der Waals surface area contributed by atoms with E-state index in [1.54, 1.807) is 7.11 Å². The lowest BCUT2D eigenvalue weighted by Crippen LogP contribution is -2.37. The van der Waals surface area contributed by atoms with Gasteiger partial charge < -0.3 is 15.4 Å². The maximum atomic E-state index is 11.7. The quantitative estimate of drug-likeness (QED) is 0.704. The zero-order valence-electron chi connectivity index (χ0n) is 9.74. The third-order valence-electron chi connectivity index (χ3n) is 3.18. The lowest BCUT2D eigenvalue weighted by Gasteiger charge is -2.30. The van der Waals surface area contributed by atoms with Crippen LogP contribution in [-0.2, 0) is 9.53 Å². The molecule has 4 nitrogen and oxygen atoms in total. The summed E-state index contributed by atoms with van der Waals surface area (Å²) in [7, 11) is 3.46. The largest absolute Gasteiger partial charge is 0.380 e. The predicted octanol–water partition coefficient (Wildman–Crippen LogP) is 0.609. The zero-order valence-corrected chi connectivity index (χ0v) is 9.74. The third-order valence-corrected chi connectivity index (χ3v) is 3.18. The van der Waals surface area contributed by atoms with E-state index in [0.29, 0.717) is 13.0 Å². The summed E-state index contributed by atoms with van der Waals surface area (Å²) >= 11 is 0. The Morgan fingerprint density at radius 1 is 1.60 bits per heavy atom. The number of hydrogen-bond acceptors (Lipinski definition) is 3. The van der Waals surface area contributed by atoms with Gasteiger partial charge in [0, 0.05) is 27.2 Å². The lowest BCUT2D eigenvalue weighted by molar-refractivity contribution is -0.133. The Morgan fingerprint density at radius 2 is 2.27 bits per heavy atom. The number of nitrogens with two attached hydrogens (primary N) is 1. The third kappa shape index (κ3) is 3.80. The van der Waals surface area contributed by atoms with Gasteiger partial charge in [0.1, 0.15) is 0 Å². The number of rotatable bonds is 6. The van der Waals surface area contributed by atoms with Crippen LogP contribution in [0.5, 0.6) is 0 Å². The van der Waals surface area contributed by atoms with Gasteiger partial charge in [-0.05, 0) is 18.8 Å². The van der Waals surface area contributed by atoms with Crippen LogP contribution in [0.1, 0.15) is 25.7 Å². The number of methoxy groups -OCH3 is 1. The summed E-state index contributed by atoms with van der Waals surface area (Å²) in [6, 6.07) is 0. The van der Waals surface area contributed by atoms with Gasteiger partial charge in [-0.1, -0.05) is 6.42 Å². The topological polar surface area (TPSA) is 55.6 Å². The molecule has 0 heterocycles. The molecule has 4 heteroatoms. The van der Waals surface area contributed by atoms with Crippen LogP contribution in [0.25, 0.3) is 0 Å². The van der Waals surface area contributed by atoms with Crippen LogP contribution in [0.3, 0.4) is 0 Å². The molecule has 0 aromatic rings. The van der Waals surface area contributed by atoms with Crippen LogP contribution >= 0.6 is 0 Å². The number of carbonyl (C=O) groups is 1. The van der Waals surface area contributed by atoms with Crippen LogP contribution in [0, 0.1) is 5.92 Å². The molecular formula is C11H22N2O2. The SMILES string of the molecule is COC(CN)CC(=O)N(C)CC1CCC1. The van der Waals surface area contributed by atoms with E-state index in [-0.39, 0.29) is 12.0 Å². The highest BCUT2D eigenvalue weighted by molar-refractivity contribution is 5.76. The number of carbonyl (C=O) groups excluding carboxylic acids is 1.